The number of ether oxygens (including phenoxy) is 3. The van der Waals surface area contributed by atoms with E-state index in [1.165, 1.54) is 12.3 Å². The molecule has 0 bridgehead atoms. The Labute approximate surface area is 205 Å². The highest BCUT2D eigenvalue weighted by Crippen LogP contribution is 2.20. The van der Waals surface area contributed by atoms with E-state index in [9.17, 15) is 19.2 Å². The molecule has 2 heterocycles. The average Bonchev–Trinajstić information content (AvgIpc) is 2.90. The van der Waals surface area contributed by atoms with E-state index in [-0.39, 0.29) is 36.9 Å². The number of carbonyl (C=O) groups excluding carboxylic acids is 4. The van der Waals surface area contributed by atoms with Crippen LogP contribution in [-0.4, -0.2) is 40.3 Å². The second-order valence-corrected chi connectivity index (χ2v) is 7.62. The van der Waals surface area contributed by atoms with Crippen molar-refractivity contribution in [2.75, 3.05) is 6.61 Å². The zero-order chi connectivity index (χ0) is 25.3. The van der Waals surface area contributed by atoms with Gasteiger partial charge >= 0.3 is 11.9 Å². The van der Waals surface area contributed by atoms with Crippen LogP contribution in [0.3, 0.4) is 0 Å². The molecule has 0 aliphatic carbocycles. The predicted octanol–water partition coefficient (Wildman–Crippen LogP) is 2.30. The van der Waals surface area contributed by atoms with E-state index in [0.29, 0.717) is 0 Å². The number of esters is 2. The van der Waals surface area contributed by atoms with Crippen LogP contribution < -0.4 is 5.32 Å². The van der Waals surface area contributed by atoms with Gasteiger partial charge in [-0.1, -0.05) is 60.7 Å². The number of rotatable bonds is 8. The Morgan fingerprint density at radius 2 is 1.61 bits per heavy atom. The lowest BCUT2D eigenvalue weighted by atomic mass is 10.2. The highest BCUT2D eigenvalue weighted by molar-refractivity contribution is 6.00. The summed E-state index contributed by atoms with van der Waals surface area (Å²) in [5, 5.41) is 2.15. The summed E-state index contributed by atoms with van der Waals surface area (Å²) in [5.41, 5.74) is 1.43. The van der Waals surface area contributed by atoms with Crippen molar-refractivity contribution in [3.8, 4) is 0 Å². The van der Waals surface area contributed by atoms with E-state index in [0.717, 1.165) is 17.2 Å². The smallest absolute Gasteiger partial charge is 0.359 e. The summed E-state index contributed by atoms with van der Waals surface area (Å²) < 4.78 is 15.8. The first-order valence-electron chi connectivity index (χ1n) is 10.9. The lowest BCUT2D eigenvalue weighted by Crippen LogP contribution is -2.44. The number of benzene rings is 2. The second kappa shape index (κ2) is 11.6. The minimum absolute atomic E-state index is 0.00162. The van der Waals surface area contributed by atoms with Gasteiger partial charge in [0, 0.05) is 6.08 Å². The lowest BCUT2D eigenvalue weighted by molar-refractivity contribution is -0.150. The van der Waals surface area contributed by atoms with Gasteiger partial charge in [-0.3, -0.25) is 14.9 Å². The quantitative estimate of drug-likeness (QED) is 0.289. The Morgan fingerprint density at radius 1 is 0.972 bits per heavy atom. The highest BCUT2D eigenvalue weighted by atomic mass is 16.5. The number of hydrogen-bond acceptors (Lipinski definition) is 9. The van der Waals surface area contributed by atoms with Crippen molar-refractivity contribution in [2.45, 2.75) is 19.3 Å². The fourth-order valence-corrected chi connectivity index (χ4v) is 3.23. The van der Waals surface area contributed by atoms with Crippen molar-refractivity contribution in [1.29, 1.82) is 0 Å². The number of nitrogens with zero attached hydrogens (tertiary/aromatic N) is 2. The summed E-state index contributed by atoms with van der Waals surface area (Å²) >= 11 is 0. The van der Waals surface area contributed by atoms with Gasteiger partial charge in [0.1, 0.15) is 19.8 Å². The van der Waals surface area contributed by atoms with Crippen molar-refractivity contribution in [3.05, 3.63) is 101 Å². The molecule has 1 unspecified atom stereocenters. The van der Waals surface area contributed by atoms with Crippen LogP contribution in [0.4, 0.5) is 0 Å². The predicted molar refractivity (Wildman–Crippen MR) is 125 cm³/mol. The largest absolute Gasteiger partial charge is 0.458 e. The van der Waals surface area contributed by atoms with Crippen molar-refractivity contribution >= 4 is 29.8 Å². The molecule has 182 valence electrons. The molecule has 1 aliphatic heterocycles. The molecule has 0 spiro atoms. The van der Waals surface area contributed by atoms with Crippen molar-refractivity contribution < 1.29 is 33.4 Å². The zero-order valence-corrected chi connectivity index (χ0v) is 19.0. The van der Waals surface area contributed by atoms with E-state index >= 15 is 0 Å². The zero-order valence-electron chi connectivity index (χ0n) is 19.0. The normalized spacial score (nSPS) is 15.4. The van der Waals surface area contributed by atoms with Gasteiger partial charge in [0.05, 0.1) is 17.6 Å². The van der Waals surface area contributed by atoms with Crippen LogP contribution in [-0.2, 0) is 41.8 Å². The van der Waals surface area contributed by atoms with Crippen LogP contribution in [0.1, 0.15) is 39.1 Å². The second-order valence-electron chi connectivity index (χ2n) is 7.62. The van der Waals surface area contributed by atoms with E-state index in [2.05, 4.69) is 15.3 Å². The molecular formula is C26H21N3O7. The average molecular weight is 487 g/mol. The van der Waals surface area contributed by atoms with Crippen molar-refractivity contribution in [2.24, 2.45) is 0 Å². The molecule has 1 saturated heterocycles. The van der Waals surface area contributed by atoms with Gasteiger partial charge in [-0.15, -0.1) is 0 Å². The summed E-state index contributed by atoms with van der Waals surface area (Å²) in [6.45, 7) is -0.274. The summed E-state index contributed by atoms with van der Waals surface area (Å²) in [4.78, 5) is 57.0. The molecule has 1 fully saturated rings. The maximum Gasteiger partial charge on any atom is 0.359 e. The van der Waals surface area contributed by atoms with Gasteiger partial charge in [-0.05, 0) is 17.2 Å². The number of morpholine rings is 1. The van der Waals surface area contributed by atoms with E-state index in [1.54, 1.807) is 12.1 Å². The van der Waals surface area contributed by atoms with Crippen molar-refractivity contribution in [3.63, 3.8) is 0 Å². The highest BCUT2D eigenvalue weighted by Gasteiger charge is 2.31. The molecule has 2 aromatic carbocycles. The molecule has 1 aliphatic rings. The van der Waals surface area contributed by atoms with Gasteiger partial charge < -0.3 is 14.2 Å². The Morgan fingerprint density at radius 3 is 2.25 bits per heavy atom. The van der Waals surface area contributed by atoms with E-state index in [1.807, 2.05) is 48.5 Å². The fourth-order valence-electron chi connectivity index (χ4n) is 3.23. The van der Waals surface area contributed by atoms with Crippen LogP contribution in [0, 0.1) is 0 Å². The first-order valence-corrected chi connectivity index (χ1v) is 10.9. The van der Waals surface area contributed by atoms with Gasteiger partial charge in [-0.25, -0.2) is 19.6 Å². The topological polar surface area (TPSA) is 134 Å². The minimum Gasteiger partial charge on any atom is -0.458 e. The summed E-state index contributed by atoms with van der Waals surface area (Å²) in [5.74, 6) is -2.74. The Hall–Kier alpha value is -4.70. The van der Waals surface area contributed by atoms with E-state index < -0.39 is 29.9 Å². The third-order valence-corrected chi connectivity index (χ3v) is 4.98. The molecule has 2 amide bonds. The van der Waals surface area contributed by atoms with Gasteiger partial charge in [0.25, 0.3) is 11.8 Å². The molecule has 0 radical (unpaired) electrons. The van der Waals surface area contributed by atoms with Gasteiger partial charge in [0.2, 0.25) is 0 Å². The fraction of sp³-hybridized carbons (Fsp3) is 0.154. The SMILES string of the molecule is O=C1COC(c2cnc(C(=O)OCc3ccccc3)c(/C=C\C(=O)OCc3ccccc3)n2)C(=O)N1. The number of imide groups is 1. The Bertz CT molecular complexity index is 1290. The Kier molecular flexibility index (Phi) is 7.89. The molecule has 0 saturated carbocycles. The van der Waals surface area contributed by atoms with Gasteiger partial charge in [-0.2, -0.15) is 0 Å². The minimum atomic E-state index is -1.21. The summed E-state index contributed by atoms with van der Waals surface area (Å²) in [6, 6.07) is 18.2. The maximum atomic E-state index is 12.8. The third kappa shape index (κ3) is 6.45. The molecule has 1 N–H and O–H groups in total. The maximum absolute atomic E-state index is 12.8. The van der Waals surface area contributed by atoms with Crippen LogP contribution in [0.5, 0.6) is 0 Å². The van der Waals surface area contributed by atoms with Crippen LogP contribution in [0.2, 0.25) is 0 Å². The standard InChI is InChI=1S/C26H21N3O7/c30-21-16-35-24(25(32)29-21)20-13-27-23(26(33)36-15-18-9-5-2-6-10-18)19(28-20)11-12-22(31)34-14-17-7-3-1-4-8-17/h1-13,24H,14-16H2,(H,29,30,32)/b12-11-. The monoisotopic (exact) mass is 487 g/mol. The van der Waals surface area contributed by atoms with Crippen LogP contribution in [0.15, 0.2) is 72.9 Å². The Balaban J connectivity index is 1.53. The number of hydrogen-bond donors (Lipinski definition) is 1. The van der Waals surface area contributed by atoms with Gasteiger partial charge in [0.15, 0.2) is 11.8 Å². The third-order valence-electron chi connectivity index (χ3n) is 4.98. The number of amides is 2. The van der Waals surface area contributed by atoms with Crippen molar-refractivity contribution in [1.82, 2.24) is 15.3 Å². The molecule has 1 aromatic heterocycles. The molecular weight excluding hydrogens is 466 g/mol. The summed E-state index contributed by atoms with van der Waals surface area (Å²) in [7, 11) is 0. The molecule has 36 heavy (non-hydrogen) atoms. The first kappa shape index (κ1) is 24.4. The molecule has 10 heteroatoms. The number of nitrogens with one attached hydrogen (secondary N) is 1. The lowest BCUT2D eigenvalue weighted by Gasteiger charge is -2.21. The first-order chi connectivity index (χ1) is 17.5. The molecule has 4 rings (SSSR count). The molecule has 10 nitrogen and oxygen atoms in total. The van der Waals surface area contributed by atoms with E-state index in [4.69, 9.17) is 14.2 Å². The summed E-state index contributed by atoms with van der Waals surface area (Å²) in [6.07, 6.45) is 2.32. The molecule has 3 aromatic rings. The van der Waals surface area contributed by atoms with Crippen LogP contribution in [0.25, 0.3) is 6.08 Å². The number of carbonyl (C=O) groups is 4. The van der Waals surface area contributed by atoms with Crippen LogP contribution >= 0.6 is 0 Å². The number of aromatic nitrogens is 2. The molecule has 1 atom stereocenters.